The molecular formula is C23H31F3N6O2. The van der Waals surface area contributed by atoms with Gasteiger partial charge in [-0.05, 0) is 49.9 Å². The number of morpholine rings is 1. The first kappa shape index (κ1) is 24.5. The molecule has 2 aromatic rings. The van der Waals surface area contributed by atoms with E-state index >= 15 is 0 Å². The van der Waals surface area contributed by atoms with Crippen LogP contribution >= 0.6 is 0 Å². The van der Waals surface area contributed by atoms with E-state index in [4.69, 9.17) is 9.47 Å². The van der Waals surface area contributed by atoms with Gasteiger partial charge in [0, 0.05) is 49.8 Å². The predicted octanol–water partition coefficient (Wildman–Crippen LogP) is 3.60. The predicted molar refractivity (Wildman–Crippen MR) is 123 cm³/mol. The fraction of sp³-hybridized carbons (Fsp3) is 0.565. The topological polar surface area (TPSA) is 74.8 Å². The van der Waals surface area contributed by atoms with Gasteiger partial charge in [-0.2, -0.15) is 18.2 Å². The Morgan fingerprint density at radius 1 is 1.09 bits per heavy atom. The molecule has 1 aromatic heterocycles. The van der Waals surface area contributed by atoms with Crippen molar-refractivity contribution in [3.8, 4) is 5.88 Å². The summed E-state index contributed by atoms with van der Waals surface area (Å²) in [4.78, 5) is 11.0. The highest BCUT2D eigenvalue weighted by molar-refractivity contribution is 5.59. The summed E-state index contributed by atoms with van der Waals surface area (Å²) < 4.78 is 49.4. The van der Waals surface area contributed by atoms with Gasteiger partial charge in [0.15, 0.2) is 0 Å². The number of anilines is 3. The van der Waals surface area contributed by atoms with E-state index in [9.17, 15) is 13.2 Å². The molecule has 0 radical (unpaired) electrons. The van der Waals surface area contributed by atoms with Crippen molar-refractivity contribution in [2.75, 3.05) is 56.2 Å². The maximum Gasteiger partial charge on any atom is 0.404 e. The molecule has 1 atom stereocenters. The third-order valence-electron chi connectivity index (χ3n) is 6.08. The second kappa shape index (κ2) is 11.2. The molecular weight excluding hydrogens is 449 g/mol. The molecule has 2 aliphatic heterocycles. The molecule has 1 unspecified atom stereocenters. The number of alkyl halides is 3. The lowest BCUT2D eigenvalue weighted by Gasteiger charge is -2.34. The Bertz CT molecular complexity index is 900. The number of hydrazine groups is 1. The van der Waals surface area contributed by atoms with E-state index in [-0.39, 0.29) is 5.92 Å². The van der Waals surface area contributed by atoms with Gasteiger partial charge in [-0.25, -0.2) is 15.4 Å². The van der Waals surface area contributed by atoms with Gasteiger partial charge < -0.3 is 19.7 Å². The highest BCUT2D eigenvalue weighted by Crippen LogP contribution is 2.24. The van der Waals surface area contributed by atoms with Crippen molar-refractivity contribution < 1.29 is 22.6 Å². The van der Waals surface area contributed by atoms with Gasteiger partial charge in [0.25, 0.3) is 0 Å². The zero-order chi connectivity index (χ0) is 24.0. The lowest BCUT2D eigenvalue weighted by atomic mass is 9.99. The molecule has 0 spiro atoms. The number of rotatable bonds is 8. The van der Waals surface area contributed by atoms with E-state index in [0.717, 1.165) is 57.4 Å². The number of nitrogens with zero attached hydrogens (tertiary/aromatic N) is 4. The maximum atomic E-state index is 12.7. The summed E-state index contributed by atoms with van der Waals surface area (Å²) in [5.41, 5.74) is 4.57. The Balaban J connectivity index is 1.23. The van der Waals surface area contributed by atoms with Gasteiger partial charge in [-0.1, -0.05) is 0 Å². The molecule has 11 heteroatoms. The van der Waals surface area contributed by atoms with Crippen LogP contribution in [0.15, 0.2) is 36.5 Å². The number of ether oxygens (including phenoxy) is 2. The Morgan fingerprint density at radius 3 is 2.47 bits per heavy atom. The van der Waals surface area contributed by atoms with Crippen LogP contribution in [0, 0.1) is 5.92 Å². The second-order valence-electron chi connectivity index (χ2n) is 8.62. The highest BCUT2D eigenvalue weighted by atomic mass is 19.4. The number of benzene rings is 1. The van der Waals surface area contributed by atoms with E-state index in [0.29, 0.717) is 31.5 Å². The first-order valence-electron chi connectivity index (χ1n) is 11.6. The Morgan fingerprint density at radius 2 is 1.79 bits per heavy atom. The molecule has 0 aliphatic carbocycles. The lowest BCUT2D eigenvalue weighted by Crippen LogP contribution is -2.52. The molecule has 3 heterocycles. The molecule has 2 N–H and O–H groups in total. The molecule has 2 aliphatic rings. The minimum Gasteiger partial charge on any atom is -0.477 e. The Labute approximate surface area is 197 Å². The standard InChI is InChI=1S/C23H31F3N6O2/c1-17(23(24,25)26)30-32-10-7-18(8-11-32)16-34-21-6-9-27-22(29-21)28-19-2-4-20(5-3-19)31-12-14-33-15-13-31/h2-6,9,17-18,30H,7-8,10-16H2,1H3,(H,27,28,29). The van der Waals surface area contributed by atoms with Crippen molar-refractivity contribution in [1.29, 1.82) is 0 Å². The normalized spacial score (nSPS) is 19.1. The van der Waals surface area contributed by atoms with Gasteiger partial charge in [-0.3, -0.25) is 0 Å². The number of nitrogens with one attached hydrogen (secondary N) is 2. The largest absolute Gasteiger partial charge is 0.477 e. The molecule has 2 fully saturated rings. The lowest BCUT2D eigenvalue weighted by molar-refractivity contribution is -0.165. The quantitative estimate of drug-likeness (QED) is 0.594. The van der Waals surface area contributed by atoms with Crippen molar-refractivity contribution in [3.05, 3.63) is 36.5 Å². The first-order valence-corrected chi connectivity index (χ1v) is 11.6. The van der Waals surface area contributed by atoms with Gasteiger partial charge in [0.05, 0.1) is 19.8 Å². The average Bonchev–Trinajstić information content (AvgIpc) is 2.84. The molecule has 186 valence electrons. The van der Waals surface area contributed by atoms with Gasteiger partial charge in [0.2, 0.25) is 11.8 Å². The number of hydrogen-bond donors (Lipinski definition) is 2. The van der Waals surface area contributed by atoms with Gasteiger partial charge in [-0.15, -0.1) is 0 Å². The van der Waals surface area contributed by atoms with Crippen molar-refractivity contribution >= 4 is 17.3 Å². The zero-order valence-electron chi connectivity index (χ0n) is 19.2. The van der Waals surface area contributed by atoms with E-state index in [1.165, 1.54) is 0 Å². The minimum atomic E-state index is -4.25. The molecule has 4 rings (SSSR count). The summed E-state index contributed by atoms with van der Waals surface area (Å²) in [7, 11) is 0. The molecule has 8 nitrogen and oxygen atoms in total. The van der Waals surface area contributed by atoms with Crippen LogP contribution < -0.4 is 20.4 Å². The third kappa shape index (κ3) is 6.94. The summed E-state index contributed by atoms with van der Waals surface area (Å²) >= 11 is 0. The highest BCUT2D eigenvalue weighted by Gasteiger charge is 2.37. The van der Waals surface area contributed by atoms with Gasteiger partial charge >= 0.3 is 6.18 Å². The average molecular weight is 481 g/mol. The van der Waals surface area contributed by atoms with Crippen LogP contribution in [0.2, 0.25) is 0 Å². The van der Waals surface area contributed by atoms with Crippen molar-refractivity contribution in [3.63, 3.8) is 0 Å². The fourth-order valence-corrected chi connectivity index (χ4v) is 3.97. The number of aromatic nitrogens is 2. The molecule has 34 heavy (non-hydrogen) atoms. The summed E-state index contributed by atoms with van der Waals surface area (Å²) in [6, 6.07) is 8.25. The monoisotopic (exact) mass is 480 g/mol. The number of piperidine rings is 1. The maximum absolute atomic E-state index is 12.7. The zero-order valence-corrected chi connectivity index (χ0v) is 19.2. The Hall–Kier alpha value is -2.63. The Kier molecular flexibility index (Phi) is 8.07. The van der Waals surface area contributed by atoms with Crippen LogP contribution in [-0.2, 0) is 4.74 Å². The fourth-order valence-electron chi connectivity index (χ4n) is 3.97. The van der Waals surface area contributed by atoms with Crippen LogP contribution in [0.4, 0.5) is 30.5 Å². The van der Waals surface area contributed by atoms with E-state index in [1.807, 2.05) is 12.1 Å². The third-order valence-corrected chi connectivity index (χ3v) is 6.08. The molecule has 0 bridgehead atoms. The summed E-state index contributed by atoms with van der Waals surface area (Å²) in [6.45, 7) is 5.95. The van der Waals surface area contributed by atoms with Crippen LogP contribution in [-0.4, -0.2) is 73.2 Å². The van der Waals surface area contributed by atoms with Crippen molar-refractivity contribution in [2.45, 2.75) is 32.0 Å². The molecule has 2 saturated heterocycles. The van der Waals surface area contributed by atoms with Crippen molar-refractivity contribution in [1.82, 2.24) is 20.4 Å². The number of halogens is 3. The molecule has 0 amide bonds. The van der Waals surface area contributed by atoms with E-state index < -0.39 is 12.2 Å². The van der Waals surface area contributed by atoms with Crippen LogP contribution in [0.3, 0.4) is 0 Å². The summed E-state index contributed by atoms with van der Waals surface area (Å²) in [6.07, 6.45) is -1.10. The molecule has 0 saturated carbocycles. The summed E-state index contributed by atoms with van der Waals surface area (Å²) in [5.74, 6) is 1.17. The van der Waals surface area contributed by atoms with Crippen LogP contribution in [0.5, 0.6) is 5.88 Å². The SMILES string of the molecule is CC(NN1CCC(COc2ccnc(Nc3ccc(N4CCOCC4)cc3)n2)CC1)C(F)(F)F. The van der Waals surface area contributed by atoms with Crippen molar-refractivity contribution in [2.24, 2.45) is 5.92 Å². The van der Waals surface area contributed by atoms with Gasteiger partial charge in [0.1, 0.15) is 6.04 Å². The van der Waals surface area contributed by atoms with Crippen LogP contribution in [0.1, 0.15) is 19.8 Å². The molecule has 1 aromatic carbocycles. The smallest absolute Gasteiger partial charge is 0.404 e. The number of hydrogen-bond acceptors (Lipinski definition) is 8. The summed E-state index contributed by atoms with van der Waals surface area (Å²) in [5, 5.41) is 4.84. The van der Waals surface area contributed by atoms with E-state index in [1.54, 1.807) is 17.3 Å². The second-order valence-corrected chi connectivity index (χ2v) is 8.62. The van der Waals surface area contributed by atoms with Crippen LogP contribution in [0.25, 0.3) is 0 Å². The minimum absolute atomic E-state index is 0.262. The first-order chi connectivity index (χ1) is 16.4. The van der Waals surface area contributed by atoms with E-state index in [2.05, 4.69) is 37.7 Å².